The number of carbonyl (C=O) groups excluding carboxylic acids is 1. The molecule has 4 heterocycles. The zero-order valence-corrected chi connectivity index (χ0v) is 15.8. The summed E-state index contributed by atoms with van der Waals surface area (Å²) < 4.78 is 0.863. The molecule has 130 valence electrons. The molecule has 1 saturated heterocycles. The number of aliphatic hydroxyl groups excluding tert-OH is 1. The summed E-state index contributed by atoms with van der Waals surface area (Å²) in [5, 5.41) is 18.1. The predicted octanol–water partition coefficient (Wildman–Crippen LogP) is 2.12. The van der Waals surface area contributed by atoms with Crippen LogP contribution in [0.4, 0.5) is 0 Å². The van der Waals surface area contributed by atoms with Crippen LogP contribution in [0, 0.1) is 5.41 Å². The Hall–Kier alpha value is -1.02. The molecule has 2 aliphatic carbocycles. The summed E-state index contributed by atoms with van der Waals surface area (Å²) in [7, 11) is 0. The minimum Gasteiger partial charge on any atom is -0.388 e. The van der Waals surface area contributed by atoms with E-state index in [4.69, 9.17) is 0 Å². The summed E-state index contributed by atoms with van der Waals surface area (Å²) in [4.78, 5) is 16.4. The molecule has 1 aromatic rings. The summed E-state index contributed by atoms with van der Waals surface area (Å²) in [6, 6.07) is 0.0825. The van der Waals surface area contributed by atoms with Gasteiger partial charge in [-0.3, -0.25) is 4.79 Å². The van der Waals surface area contributed by atoms with Crippen LogP contribution in [-0.4, -0.2) is 39.1 Å². The van der Waals surface area contributed by atoms with Gasteiger partial charge in [-0.05, 0) is 30.4 Å². The number of aliphatic hydroxyl groups is 1. The van der Waals surface area contributed by atoms with Crippen molar-refractivity contribution in [1.82, 2.24) is 15.6 Å². The van der Waals surface area contributed by atoms with E-state index in [2.05, 4.69) is 37.6 Å². The molecular weight excluding hydrogens is 402 g/mol. The van der Waals surface area contributed by atoms with Crippen LogP contribution >= 0.6 is 27.7 Å². The predicted molar refractivity (Wildman–Crippen MR) is 99.6 cm³/mol. The molecule has 7 heteroatoms. The van der Waals surface area contributed by atoms with E-state index in [1.165, 1.54) is 11.1 Å². The Morgan fingerprint density at radius 1 is 1.40 bits per heavy atom. The maximum Gasteiger partial charge on any atom is 0.225 e. The van der Waals surface area contributed by atoms with Crippen LogP contribution in [0.2, 0.25) is 0 Å². The average Bonchev–Trinajstić information content (AvgIpc) is 3.13. The molecule has 1 aromatic heterocycles. The van der Waals surface area contributed by atoms with Crippen molar-refractivity contribution >= 4 is 33.5 Å². The highest BCUT2D eigenvalue weighted by molar-refractivity contribution is 9.11. The van der Waals surface area contributed by atoms with Gasteiger partial charge in [-0.15, -0.1) is 11.8 Å². The first-order chi connectivity index (χ1) is 12.1. The number of thioether (sulfide) groups is 1. The van der Waals surface area contributed by atoms with Crippen molar-refractivity contribution in [2.24, 2.45) is 5.41 Å². The molecule has 5 aliphatic rings. The fourth-order valence-electron chi connectivity index (χ4n) is 5.42. The number of aromatic amines is 1. The lowest BCUT2D eigenvalue weighted by atomic mass is 9.62. The molecule has 3 aliphatic heterocycles. The molecule has 1 spiro atoms. The van der Waals surface area contributed by atoms with Crippen molar-refractivity contribution in [1.29, 1.82) is 0 Å². The molecule has 2 bridgehead atoms. The maximum atomic E-state index is 13.2. The van der Waals surface area contributed by atoms with Gasteiger partial charge in [0.1, 0.15) is 0 Å². The fraction of sp³-hybridized carbons (Fsp3) is 0.500. The summed E-state index contributed by atoms with van der Waals surface area (Å²) in [6.45, 7) is 0.921. The number of fused-ring (bicyclic) bond motifs is 2. The first kappa shape index (κ1) is 15.1. The van der Waals surface area contributed by atoms with E-state index in [0.29, 0.717) is 5.25 Å². The molecule has 25 heavy (non-hydrogen) atoms. The Morgan fingerprint density at radius 3 is 3.16 bits per heavy atom. The van der Waals surface area contributed by atoms with Crippen molar-refractivity contribution in [2.75, 3.05) is 6.54 Å². The number of hydrogen-bond donors (Lipinski definition) is 4. The van der Waals surface area contributed by atoms with Crippen molar-refractivity contribution in [3.63, 3.8) is 0 Å². The Kier molecular flexibility index (Phi) is 2.91. The highest BCUT2D eigenvalue weighted by atomic mass is 79.9. The van der Waals surface area contributed by atoms with Gasteiger partial charge in [-0.1, -0.05) is 22.0 Å². The van der Waals surface area contributed by atoms with Crippen LogP contribution in [0.15, 0.2) is 28.0 Å². The SMILES string of the molecule is O=C1C2=C(C3NCCc4c[nH]c1c43)C13C=C(Br)C(O)CC1SC(C3)N2. The second-order valence-electron chi connectivity index (χ2n) is 7.64. The van der Waals surface area contributed by atoms with E-state index >= 15 is 0 Å². The number of aromatic nitrogens is 1. The van der Waals surface area contributed by atoms with Crippen molar-refractivity contribution in [3.8, 4) is 0 Å². The molecule has 5 nitrogen and oxygen atoms in total. The minimum absolute atomic E-state index is 0.0825. The lowest BCUT2D eigenvalue weighted by Gasteiger charge is -2.47. The van der Waals surface area contributed by atoms with E-state index in [1.54, 1.807) is 0 Å². The third-order valence-electron chi connectivity index (χ3n) is 6.43. The summed E-state index contributed by atoms with van der Waals surface area (Å²) in [6.07, 6.45) is 6.43. The van der Waals surface area contributed by atoms with Crippen LogP contribution < -0.4 is 10.6 Å². The minimum atomic E-state index is -0.441. The number of hydrogen-bond acceptors (Lipinski definition) is 5. The zero-order chi connectivity index (χ0) is 16.9. The number of H-pyrrole nitrogens is 1. The number of Topliss-reactive ketones (excluding diaryl/α,β-unsaturated/α-hetero) is 1. The standard InChI is InChI=1S/C18H18BrN3O2S/c19-8-4-18-5-11(25-10(18)3-9(8)23)22-16-13(18)14-12-7(1-2-20-14)6-21-15(12)17(16)24/h4,6,9-11,14,20-23H,1-3,5H2. The second kappa shape index (κ2) is 4.82. The van der Waals surface area contributed by atoms with Gasteiger partial charge in [0.15, 0.2) is 0 Å². The topological polar surface area (TPSA) is 77.2 Å². The molecule has 0 aromatic carbocycles. The summed E-state index contributed by atoms with van der Waals surface area (Å²) in [5.74, 6) is 0.0946. The van der Waals surface area contributed by atoms with Crippen LogP contribution in [0.3, 0.4) is 0 Å². The maximum absolute atomic E-state index is 13.2. The largest absolute Gasteiger partial charge is 0.388 e. The van der Waals surface area contributed by atoms with Gasteiger partial charge in [0, 0.05) is 33.5 Å². The Balaban J connectivity index is 1.62. The van der Waals surface area contributed by atoms with E-state index < -0.39 is 6.10 Å². The fourth-order valence-corrected chi connectivity index (χ4v) is 7.80. The van der Waals surface area contributed by atoms with Gasteiger partial charge < -0.3 is 20.7 Å². The number of halogens is 1. The van der Waals surface area contributed by atoms with Crippen molar-refractivity contribution in [3.05, 3.63) is 44.8 Å². The van der Waals surface area contributed by atoms with Crippen LogP contribution in [-0.2, 0) is 6.42 Å². The lowest BCUT2D eigenvalue weighted by molar-refractivity contribution is 0.0998. The van der Waals surface area contributed by atoms with E-state index in [9.17, 15) is 9.90 Å². The highest BCUT2D eigenvalue weighted by Gasteiger charge is 2.59. The molecule has 5 unspecified atom stereocenters. The first-order valence-corrected chi connectivity index (χ1v) is 10.5. The monoisotopic (exact) mass is 419 g/mol. The molecule has 1 fully saturated rings. The molecule has 0 radical (unpaired) electrons. The Bertz CT molecular complexity index is 891. The normalized spacial score (nSPS) is 40.9. The molecule has 5 atom stereocenters. The number of carbonyl (C=O) groups is 1. The molecule has 4 N–H and O–H groups in total. The number of nitrogens with one attached hydrogen (secondary N) is 3. The van der Waals surface area contributed by atoms with Crippen LogP contribution in [0.5, 0.6) is 0 Å². The van der Waals surface area contributed by atoms with Crippen molar-refractivity contribution in [2.45, 2.75) is 42.0 Å². The van der Waals surface area contributed by atoms with Crippen molar-refractivity contribution < 1.29 is 9.90 Å². The van der Waals surface area contributed by atoms with E-state index in [0.717, 1.165) is 47.2 Å². The van der Waals surface area contributed by atoms with E-state index in [1.807, 2.05) is 18.0 Å². The smallest absolute Gasteiger partial charge is 0.225 e. The quantitative estimate of drug-likeness (QED) is 0.518. The number of allylic oxidation sites excluding steroid dienone is 2. The number of ketones is 1. The Labute approximate surface area is 157 Å². The summed E-state index contributed by atoms with van der Waals surface area (Å²) in [5.41, 5.74) is 4.97. The molecule has 6 rings (SSSR count). The third kappa shape index (κ3) is 1.75. The van der Waals surface area contributed by atoms with Crippen LogP contribution in [0.25, 0.3) is 0 Å². The second-order valence-corrected chi connectivity index (χ2v) is 9.97. The molecule has 0 amide bonds. The van der Waals surface area contributed by atoms with Gasteiger partial charge in [0.05, 0.1) is 28.9 Å². The molecule has 0 saturated carbocycles. The summed E-state index contributed by atoms with van der Waals surface area (Å²) >= 11 is 5.46. The highest BCUT2D eigenvalue weighted by Crippen LogP contribution is 2.63. The number of rotatable bonds is 0. The average molecular weight is 420 g/mol. The van der Waals surface area contributed by atoms with E-state index in [-0.39, 0.29) is 22.6 Å². The van der Waals surface area contributed by atoms with Gasteiger partial charge >= 0.3 is 0 Å². The van der Waals surface area contributed by atoms with Gasteiger partial charge in [0.2, 0.25) is 5.78 Å². The first-order valence-electron chi connectivity index (χ1n) is 8.79. The van der Waals surface area contributed by atoms with Crippen LogP contribution in [0.1, 0.15) is 40.5 Å². The Morgan fingerprint density at radius 2 is 2.28 bits per heavy atom. The van der Waals surface area contributed by atoms with Gasteiger partial charge in [-0.2, -0.15) is 0 Å². The van der Waals surface area contributed by atoms with Gasteiger partial charge in [0.25, 0.3) is 0 Å². The van der Waals surface area contributed by atoms with Gasteiger partial charge in [-0.25, -0.2) is 0 Å². The molecular formula is C18H18BrN3O2S. The zero-order valence-electron chi connectivity index (χ0n) is 13.4. The lowest BCUT2D eigenvalue weighted by Crippen LogP contribution is -2.50. The third-order valence-corrected chi connectivity index (χ3v) is 8.75.